The van der Waals surface area contributed by atoms with E-state index in [2.05, 4.69) is 36.1 Å². The highest BCUT2D eigenvalue weighted by molar-refractivity contribution is 5.04. The third-order valence-corrected chi connectivity index (χ3v) is 4.24. The Bertz CT molecular complexity index is 444. The number of hydrogen-bond acceptors (Lipinski definition) is 4. The van der Waals surface area contributed by atoms with Crippen LogP contribution >= 0.6 is 0 Å². The number of hydrogen-bond donors (Lipinski definition) is 2. The minimum absolute atomic E-state index is 0.181. The molecule has 2 atom stereocenters. The van der Waals surface area contributed by atoms with Crippen molar-refractivity contribution in [3.63, 3.8) is 0 Å². The molecule has 0 aromatic carbocycles. The number of aliphatic hydroxyl groups is 1. The third kappa shape index (κ3) is 3.76. The van der Waals surface area contributed by atoms with E-state index in [0.717, 1.165) is 24.2 Å². The average molecular weight is 277 g/mol. The van der Waals surface area contributed by atoms with Crippen molar-refractivity contribution in [3.8, 4) is 0 Å². The highest BCUT2D eigenvalue weighted by Gasteiger charge is 2.42. The molecule has 0 aliphatic heterocycles. The first kappa shape index (κ1) is 15.4. The summed E-state index contributed by atoms with van der Waals surface area (Å²) in [6, 6.07) is 0. The molecular weight excluding hydrogens is 250 g/mol. The van der Waals surface area contributed by atoms with Crippen molar-refractivity contribution >= 4 is 0 Å². The largest absolute Gasteiger partial charge is 0.394 e. The molecule has 4 heteroatoms. The Labute approximate surface area is 122 Å². The molecule has 1 heterocycles. The molecule has 0 amide bonds. The molecule has 1 saturated carbocycles. The van der Waals surface area contributed by atoms with Crippen LogP contribution in [-0.4, -0.2) is 27.2 Å². The monoisotopic (exact) mass is 277 g/mol. The van der Waals surface area contributed by atoms with Gasteiger partial charge in [0.1, 0.15) is 0 Å². The van der Waals surface area contributed by atoms with E-state index in [0.29, 0.717) is 12.5 Å². The molecule has 0 spiro atoms. The molecule has 1 fully saturated rings. The van der Waals surface area contributed by atoms with Crippen LogP contribution in [0, 0.1) is 18.3 Å². The topological polar surface area (TPSA) is 58.0 Å². The van der Waals surface area contributed by atoms with Gasteiger partial charge >= 0.3 is 0 Å². The van der Waals surface area contributed by atoms with Gasteiger partial charge in [0.15, 0.2) is 0 Å². The molecule has 0 bridgehead atoms. The Morgan fingerprint density at radius 2 is 2.05 bits per heavy atom. The van der Waals surface area contributed by atoms with Crippen molar-refractivity contribution in [3.05, 3.63) is 23.8 Å². The first-order valence-electron chi connectivity index (χ1n) is 7.48. The van der Waals surface area contributed by atoms with Gasteiger partial charge in [-0.1, -0.05) is 20.8 Å². The zero-order valence-corrected chi connectivity index (χ0v) is 13.1. The molecule has 2 N–H and O–H groups in total. The summed E-state index contributed by atoms with van der Waals surface area (Å²) in [4.78, 5) is 8.65. The van der Waals surface area contributed by atoms with Crippen LogP contribution in [0.25, 0.3) is 0 Å². The third-order valence-electron chi connectivity index (χ3n) is 4.24. The summed E-state index contributed by atoms with van der Waals surface area (Å²) >= 11 is 0. The summed E-state index contributed by atoms with van der Waals surface area (Å²) < 4.78 is 0. The maximum Gasteiger partial charge on any atom is 0.0724 e. The van der Waals surface area contributed by atoms with Crippen molar-refractivity contribution in [2.24, 2.45) is 11.3 Å². The summed E-state index contributed by atoms with van der Waals surface area (Å²) in [5.74, 6) is 0.627. The van der Waals surface area contributed by atoms with E-state index in [4.69, 9.17) is 0 Å². The number of rotatable bonds is 4. The van der Waals surface area contributed by atoms with Crippen molar-refractivity contribution in [1.82, 2.24) is 15.3 Å². The van der Waals surface area contributed by atoms with E-state index in [9.17, 15) is 5.11 Å². The minimum atomic E-state index is -0.187. The van der Waals surface area contributed by atoms with Gasteiger partial charge in [0.25, 0.3) is 0 Å². The van der Waals surface area contributed by atoms with Crippen molar-refractivity contribution in [2.75, 3.05) is 6.61 Å². The van der Waals surface area contributed by atoms with Crippen molar-refractivity contribution in [1.29, 1.82) is 0 Å². The molecule has 1 aromatic rings. The van der Waals surface area contributed by atoms with Crippen LogP contribution in [0.5, 0.6) is 0 Å². The fraction of sp³-hybridized carbons (Fsp3) is 0.750. The van der Waals surface area contributed by atoms with Gasteiger partial charge in [-0.25, -0.2) is 0 Å². The van der Waals surface area contributed by atoms with Crippen LogP contribution in [0.2, 0.25) is 0 Å². The first-order chi connectivity index (χ1) is 9.34. The second kappa shape index (κ2) is 5.78. The highest BCUT2D eigenvalue weighted by atomic mass is 16.3. The number of aryl methyl sites for hydroxylation is 1. The zero-order chi connectivity index (χ0) is 14.8. The molecule has 2 rings (SSSR count). The minimum Gasteiger partial charge on any atom is -0.394 e. The van der Waals surface area contributed by atoms with Gasteiger partial charge in [0.2, 0.25) is 0 Å². The second-order valence-corrected chi connectivity index (χ2v) is 7.30. The lowest BCUT2D eigenvalue weighted by atomic mass is 9.64. The molecule has 112 valence electrons. The summed E-state index contributed by atoms with van der Waals surface area (Å²) in [5.41, 5.74) is 1.94. The molecule has 1 aromatic heterocycles. The molecule has 20 heavy (non-hydrogen) atoms. The maximum absolute atomic E-state index is 9.92. The summed E-state index contributed by atoms with van der Waals surface area (Å²) in [7, 11) is 0. The van der Waals surface area contributed by atoms with Gasteiger partial charge < -0.3 is 10.4 Å². The SMILES string of the molecule is Cc1cnc(CNC2(CO)CC(C)CC(C)(C)C2)cn1. The van der Waals surface area contributed by atoms with Gasteiger partial charge in [0.05, 0.1) is 18.0 Å². The van der Waals surface area contributed by atoms with Gasteiger partial charge in [-0.15, -0.1) is 0 Å². The van der Waals surface area contributed by atoms with Crippen molar-refractivity contribution in [2.45, 2.75) is 59.0 Å². The molecule has 1 aliphatic rings. The highest BCUT2D eigenvalue weighted by Crippen LogP contribution is 2.43. The lowest BCUT2D eigenvalue weighted by molar-refractivity contribution is 0.0350. The van der Waals surface area contributed by atoms with Crippen LogP contribution in [0.15, 0.2) is 12.4 Å². The fourth-order valence-electron chi connectivity index (χ4n) is 3.84. The average Bonchev–Trinajstić information content (AvgIpc) is 2.36. The predicted octanol–water partition coefficient (Wildman–Crippen LogP) is 2.45. The quantitative estimate of drug-likeness (QED) is 0.887. The van der Waals surface area contributed by atoms with E-state index < -0.39 is 0 Å². The summed E-state index contributed by atoms with van der Waals surface area (Å²) in [6.07, 6.45) is 6.84. The predicted molar refractivity (Wildman–Crippen MR) is 80.2 cm³/mol. The Balaban J connectivity index is 2.05. The van der Waals surface area contributed by atoms with Crippen LogP contribution in [0.4, 0.5) is 0 Å². The Kier molecular flexibility index (Phi) is 4.45. The number of aromatic nitrogens is 2. The van der Waals surface area contributed by atoms with Gasteiger partial charge in [0, 0.05) is 24.5 Å². The van der Waals surface area contributed by atoms with Crippen molar-refractivity contribution < 1.29 is 5.11 Å². The van der Waals surface area contributed by atoms with E-state index in [-0.39, 0.29) is 17.6 Å². The molecular formula is C16H27N3O. The standard InChI is InChI=1S/C16H27N3O/c1-12-5-15(3,4)10-16(6-12,11-20)19-9-14-8-17-13(2)7-18-14/h7-8,12,19-20H,5-6,9-11H2,1-4H3. The Morgan fingerprint density at radius 1 is 1.30 bits per heavy atom. The summed E-state index contributed by atoms with van der Waals surface area (Å²) in [5, 5.41) is 13.5. The van der Waals surface area contributed by atoms with Crippen LogP contribution in [-0.2, 0) is 6.54 Å². The Morgan fingerprint density at radius 3 is 2.60 bits per heavy atom. The number of nitrogens with zero attached hydrogens (tertiary/aromatic N) is 2. The number of nitrogens with one attached hydrogen (secondary N) is 1. The van der Waals surface area contributed by atoms with Gasteiger partial charge in [-0.05, 0) is 37.5 Å². The lowest BCUT2D eigenvalue weighted by Gasteiger charge is -2.47. The Hall–Kier alpha value is -1.00. The van der Waals surface area contributed by atoms with Crippen LogP contribution in [0.3, 0.4) is 0 Å². The smallest absolute Gasteiger partial charge is 0.0724 e. The van der Waals surface area contributed by atoms with E-state index in [1.807, 2.05) is 13.1 Å². The summed E-state index contributed by atoms with van der Waals surface area (Å²) in [6.45, 7) is 9.64. The maximum atomic E-state index is 9.92. The van der Waals surface area contributed by atoms with E-state index >= 15 is 0 Å². The van der Waals surface area contributed by atoms with Gasteiger partial charge in [-0.2, -0.15) is 0 Å². The molecule has 4 nitrogen and oxygen atoms in total. The van der Waals surface area contributed by atoms with E-state index in [1.54, 1.807) is 6.20 Å². The lowest BCUT2D eigenvalue weighted by Crippen LogP contribution is -2.54. The molecule has 0 saturated heterocycles. The van der Waals surface area contributed by atoms with Crippen LogP contribution < -0.4 is 5.32 Å². The first-order valence-corrected chi connectivity index (χ1v) is 7.48. The fourth-order valence-corrected chi connectivity index (χ4v) is 3.84. The van der Waals surface area contributed by atoms with Gasteiger partial charge in [-0.3, -0.25) is 9.97 Å². The van der Waals surface area contributed by atoms with E-state index in [1.165, 1.54) is 6.42 Å². The second-order valence-electron chi connectivity index (χ2n) is 7.30. The van der Waals surface area contributed by atoms with Crippen LogP contribution in [0.1, 0.15) is 51.4 Å². The molecule has 1 aliphatic carbocycles. The molecule has 2 unspecified atom stereocenters. The normalized spacial score (nSPS) is 29.4. The zero-order valence-electron chi connectivity index (χ0n) is 13.1. The number of aliphatic hydroxyl groups excluding tert-OH is 1. The molecule has 0 radical (unpaired) electrons.